The summed E-state index contributed by atoms with van der Waals surface area (Å²) in [6.07, 6.45) is 0.232. The number of rotatable bonds is 8. The highest BCUT2D eigenvalue weighted by Gasteiger charge is 2.07. The molecular weight excluding hydrogens is 254 g/mol. The second-order valence-electron chi connectivity index (χ2n) is 3.70. The molecule has 94 valence electrons. The second kappa shape index (κ2) is 8.60. The summed E-state index contributed by atoms with van der Waals surface area (Å²) in [7, 11) is 0. The van der Waals surface area contributed by atoms with E-state index in [1.807, 2.05) is 30.3 Å². The zero-order valence-corrected chi connectivity index (χ0v) is 11.1. The van der Waals surface area contributed by atoms with Crippen LogP contribution in [0, 0.1) is 0 Å². The molecule has 1 aromatic carbocycles. The standard InChI is InChI=1S/C12H17NO2S2/c14-7-11(8-16)13-17-9-12(15)6-10-4-2-1-3-5-10/h1-5,8,11-15H,6-7,9H2/t11-,12?/m0/s1. The van der Waals surface area contributed by atoms with Crippen molar-refractivity contribution in [2.75, 3.05) is 12.4 Å². The fraction of sp³-hybridized carbons (Fsp3) is 0.417. The van der Waals surface area contributed by atoms with Crippen molar-refractivity contribution >= 4 is 29.5 Å². The molecule has 0 spiro atoms. The summed E-state index contributed by atoms with van der Waals surface area (Å²) < 4.78 is 2.98. The van der Waals surface area contributed by atoms with Gasteiger partial charge in [-0.3, -0.25) is 4.72 Å². The summed E-state index contributed by atoms with van der Waals surface area (Å²) in [5.41, 5.74) is 1.12. The van der Waals surface area contributed by atoms with Gasteiger partial charge in [0.05, 0.1) is 18.8 Å². The summed E-state index contributed by atoms with van der Waals surface area (Å²) >= 11 is 6.11. The van der Waals surface area contributed by atoms with Crippen LogP contribution in [0.2, 0.25) is 0 Å². The smallest absolute Gasteiger partial charge is 0.0685 e. The van der Waals surface area contributed by atoms with Gasteiger partial charge in [-0.05, 0) is 17.4 Å². The van der Waals surface area contributed by atoms with E-state index in [1.54, 1.807) is 0 Å². The van der Waals surface area contributed by atoms with Gasteiger partial charge in [-0.15, -0.1) is 0 Å². The Morgan fingerprint density at radius 2 is 2.06 bits per heavy atom. The first kappa shape index (κ1) is 14.6. The minimum Gasteiger partial charge on any atom is -0.394 e. The van der Waals surface area contributed by atoms with Crippen molar-refractivity contribution in [3.63, 3.8) is 0 Å². The van der Waals surface area contributed by atoms with E-state index in [1.165, 1.54) is 17.3 Å². The van der Waals surface area contributed by atoms with Crippen LogP contribution in [-0.4, -0.2) is 40.1 Å². The van der Waals surface area contributed by atoms with Crippen LogP contribution in [0.25, 0.3) is 0 Å². The maximum Gasteiger partial charge on any atom is 0.0685 e. The minimum absolute atomic E-state index is 0.0225. The fourth-order valence-electron chi connectivity index (χ4n) is 1.30. The van der Waals surface area contributed by atoms with Gasteiger partial charge in [0.2, 0.25) is 0 Å². The zero-order valence-electron chi connectivity index (χ0n) is 9.45. The average molecular weight is 271 g/mol. The van der Waals surface area contributed by atoms with Crippen LogP contribution in [0.15, 0.2) is 30.3 Å². The Balaban J connectivity index is 2.21. The molecule has 0 aromatic heterocycles. The number of nitrogens with one attached hydrogen (secondary N) is 1. The first-order valence-corrected chi connectivity index (χ1v) is 6.87. The van der Waals surface area contributed by atoms with Gasteiger partial charge in [0.1, 0.15) is 0 Å². The molecule has 0 aliphatic rings. The molecule has 0 saturated heterocycles. The third-order valence-corrected chi connectivity index (χ3v) is 3.53. The minimum atomic E-state index is -0.403. The Morgan fingerprint density at radius 1 is 1.35 bits per heavy atom. The Kier molecular flexibility index (Phi) is 7.39. The lowest BCUT2D eigenvalue weighted by Crippen LogP contribution is -2.29. The van der Waals surface area contributed by atoms with Crippen LogP contribution in [0.3, 0.4) is 0 Å². The van der Waals surface area contributed by atoms with E-state index in [0.29, 0.717) is 12.2 Å². The summed E-state index contributed by atoms with van der Waals surface area (Å²) in [4.78, 5) is 0. The molecule has 1 unspecified atom stereocenters. The van der Waals surface area contributed by atoms with Crippen LogP contribution in [0.1, 0.15) is 5.56 Å². The fourth-order valence-corrected chi connectivity index (χ4v) is 2.31. The van der Waals surface area contributed by atoms with Crippen molar-refractivity contribution in [2.45, 2.75) is 18.6 Å². The molecule has 17 heavy (non-hydrogen) atoms. The highest BCUT2D eigenvalue weighted by Crippen LogP contribution is 2.07. The Labute approximate surface area is 111 Å². The summed E-state index contributed by atoms with van der Waals surface area (Å²) in [6, 6.07) is 9.67. The molecule has 0 saturated carbocycles. The predicted molar refractivity (Wildman–Crippen MR) is 76.3 cm³/mol. The van der Waals surface area contributed by atoms with E-state index < -0.39 is 6.10 Å². The molecule has 3 nitrogen and oxygen atoms in total. The number of aliphatic hydroxyl groups excluding tert-OH is 2. The quantitative estimate of drug-likeness (QED) is 0.490. The molecule has 3 N–H and O–H groups in total. The average Bonchev–Trinajstić information content (AvgIpc) is 2.36. The Bertz CT molecular complexity index is 322. The number of thiocarbonyl (C=S) groups is 1. The topological polar surface area (TPSA) is 52.5 Å². The molecule has 0 fully saturated rings. The van der Waals surface area contributed by atoms with Gasteiger partial charge < -0.3 is 10.2 Å². The monoisotopic (exact) mass is 271 g/mol. The lowest BCUT2D eigenvalue weighted by atomic mass is 10.1. The molecule has 1 aromatic rings. The van der Waals surface area contributed by atoms with E-state index in [4.69, 9.17) is 17.3 Å². The zero-order chi connectivity index (χ0) is 12.5. The molecule has 0 bridgehead atoms. The molecule has 0 amide bonds. The van der Waals surface area contributed by atoms with Gasteiger partial charge in [0, 0.05) is 5.75 Å². The van der Waals surface area contributed by atoms with Crippen molar-refractivity contribution in [1.82, 2.24) is 4.72 Å². The van der Waals surface area contributed by atoms with E-state index in [9.17, 15) is 5.11 Å². The third-order valence-electron chi connectivity index (χ3n) is 2.19. The maximum absolute atomic E-state index is 9.80. The molecule has 5 heteroatoms. The first-order valence-electron chi connectivity index (χ1n) is 5.41. The lowest BCUT2D eigenvalue weighted by Gasteiger charge is -2.13. The van der Waals surface area contributed by atoms with Gasteiger partial charge >= 0.3 is 0 Å². The van der Waals surface area contributed by atoms with Crippen molar-refractivity contribution in [3.05, 3.63) is 35.9 Å². The van der Waals surface area contributed by atoms with E-state index in [2.05, 4.69) is 4.72 Å². The SMILES string of the molecule is OC[C@@H](C=S)NSCC(O)Cc1ccccc1. The Morgan fingerprint density at radius 3 is 2.65 bits per heavy atom. The molecular formula is C12H17NO2S2. The molecule has 2 atom stereocenters. The van der Waals surface area contributed by atoms with Crippen LogP contribution in [0.4, 0.5) is 0 Å². The molecule has 0 aliphatic carbocycles. The van der Waals surface area contributed by atoms with Gasteiger partial charge in [-0.1, -0.05) is 54.5 Å². The van der Waals surface area contributed by atoms with Gasteiger partial charge in [0.15, 0.2) is 0 Å². The number of hydrogen-bond acceptors (Lipinski definition) is 5. The van der Waals surface area contributed by atoms with Crippen molar-refractivity contribution in [1.29, 1.82) is 0 Å². The van der Waals surface area contributed by atoms with Crippen LogP contribution >= 0.6 is 24.2 Å². The third kappa shape index (κ3) is 6.14. The molecule has 0 aliphatic heterocycles. The van der Waals surface area contributed by atoms with E-state index in [-0.39, 0.29) is 12.6 Å². The van der Waals surface area contributed by atoms with Crippen LogP contribution in [-0.2, 0) is 6.42 Å². The molecule has 0 radical (unpaired) electrons. The lowest BCUT2D eigenvalue weighted by molar-refractivity contribution is 0.200. The highest BCUT2D eigenvalue weighted by atomic mass is 32.2. The van der Waals surface area contributed by atoms with Gasteiger partial charge in [-0.2, -0.15) is 0 Å². The summed E-state index contributed by atoms with van der Waals surface area (Å²) in [5, 5.41) is 20.2. The number of hydrogen-bond donors (Lipinski definition) is 3. The van der Waals surface area contributed by atoms with Crippen LogP contribution < -0.4 is 4.72 Å². The molecule has 0 heterocycles. The Hall–Kier alpha value is -0.460. The van der Waals surface area contributed by atoms with E-state index >= 15 is 0 Å². The second-order valence-corrected chi connectivity index (χ2v) is 4.83. The normalized spacial score (nSPS) is 14.2. The van der Waals surface area contributed by atoms with Crippen molar-refractivity contribution in [3.8, 4) is 0 Å². The largest absolute Gasteiger partial charge is 0.394 e. The number of benzene rings is 1. The highest BCUT2D eigenvalue weighted by molar-refractivity contribution is 7.97. The summed E-state index contributed by atoms with van der Waals surface area (Å²) in [5.74, 6) is 0.564. The first-order chi connectivity index (χ1) is 8.26. The van der Waals surface area contributed by atoms with E-state index in [0.717, 1.165) is 5.56 Å². The summed E-state index contributed by atoms with van der Waals surface area (Å²) in [6.45, 7) is -0.0225. The maximum atomic E-state index is 9.80. The molecule has 1 rings (SSSR count). The van der Waals surface area contributed by atoms with Crippen molar-refractivity contribution in [2.24, 2.45) is 0 Å². The number of aliphatic hydroxyl groups is 2. The van der Waals surface area contributed by atoms with Crippen LogP contribution in [0.5, 0.6) is 0 Å². The predicted octanol–water partition coefficient (Wildman–Crippen LogP) is 1.19. The van der Waals surface area contributed by atoms with Gasteiger partial charge in [0.25, 0.3) is 0 Å². The van der Waals surface area contributed by atoms with Crippen molar-refractivity contribution < 1.29 is 10.2 Å². The van der Waals surface area contributed by atoms with Gasteiger partial charge in [-0.25, -0.2) is 0 Å².